The van der Waals surface area contributed by atoms with Crippen LogP contribution in [0.4, 0.5) is 5.13 Å². The van der Waals surface area contributed by atoms with Gasteiger partial charge in [-0.1, -0.05) is 30.1 Å². The average molecular weight is 470 g/mol. The maximum absolute atomic E-state index is 12.8. The fourth-order valence-corrected chi connectivity index (χ4v) is 6.12. The second kappa shape index (κ2) is 8.78. The minimum atomic E-state index is -0.279. The van der Waals surface area contributed by atoms with Crippen molar-refractivity contribution >= 4 is 67.0 Å². The van der Waals surface area contributed by atoms with Crippen LogP contribution in [0.1, 0.15) is 35.1 Å². The summed E-state index contributed by atoms with van der Waals surface area (Å²) in [5, 5.41) is 7.05. The third kappa shape index (κ3) is 4.39. The largest absolute Gasteiger partial charge is 0.495 e. The van der Waals surface area contributed by atoms with Crippen molar-refractivity contribution in [3.63, 3.8) is 0 Å². The van der Waals surface area contributed by atoms with Gasteiger partial charge < -0.3 is 4.74 Å². The molecular formula is C20H21Cl2N3O2S2. The first-order valence-corrected chi connectivity index (χ1v) is 11.8. The molecule has 154 valence electrons. The number of amides is 1. The van der Waals surface area contributed by atoms with Crippen LogP contribution < -0.4 is 10.1 Å². The lowest BCUT2D eigenvalue weighted by molar-refractivity contribution is 0.103. The van der Waals surface area contributed by atoms with Gasteiger partial charge in [-0.2, -0.15) is 0 Å². The molecule has 1 fully saturated rings. The van der Waals surface area contributed by atoms with Crippen molar-refractivity contribution in [2.45, 2.75) is 26.3 Å². The van der Waals surface area contributed by atoms with Gasteiger partial charge in [0.1, 0.15) is 15.6 Å². The van der Waals surface area contributed by atoms with Crippen LogP contribution in [0.15, 0.2) is 17.5 Å². The molecule has 1 aliphatic rings. The highest BCUT2D eigenvalue weighted by atomic mass is 35.5. The summed E-state index contributed by atoms with van der Waals surface area (Å²) in [4.78, 5) is 20.2. The highest BCUT2D eigenvalue weighted by Gasteiger charge is 2.22. The number of aromatic nitrogens is 1. The van der Waals surface area contributed by atoms with Crippen LogP contribution in [0.25, 0.3) is 10.1 Å². The van der Waals surface area contributed by atoms with Gasteiger partial charge in [-0.05, 0) is 37.4 Å². The predicted octanol–water partition coefficient (Wildman–Crippen LogP) is 6.16. The third-order valence-electron chi connectivity index (χ3n) is 5.03. The van der Waals surface area contributed by atoms with Gasteiger partial charge >= 0.3 is 0 Å². The number of likely N-dealkylation sites (tertiary alicyclic amines) is 1. The van der Waals surface area contributed by atoms with Crippen molar-refractivity contribution in [3.05, 3.63) is 38.1 Å². The summed E-state index contributed by atoms with van der Waals surface area (Å²) >= 11 is 15.5. The first-order chi connectivity index (χ1) is 14.0. The lowest BCUT2D eigenvalue weighted by Crippen LogP contribution is -2.33. The second-order valence-corrected chi connectivity index (χ2v) is 9.92. The maximum atomic E-state index is 12.8. The lowest BCUT2D eigenvalue weighted by Gasteiger charge is -2.30. The van der Waals surface area contributed by atoms with E-state index in [9.17, 15) is 4.79 Å². The summed E-state index contributed by atoms with van der Waals surface area (Å²) in [6.07, 6.45) is 2.52. The summed E-state index contributed by atoms with van der Waals surface area (Å²) in [5.74, 6) is 1.00. The molecule has 3 aromatic rings. The number of benzene rings is 1. The van der Waals surface area contributed by atoms with Crippen LogP contribution in [0.3, 0.4) is 0 Å². The van der Waals surface area contributed by atoms with Crippen molar-refractivity contribution in [1.29, 1.82) is 0 Å². The summed E-state index contributed by atoms with van der Waals surface area (Å²) in [5.41, 5.74) is 0.981. The Hall–Kier alpha value is -1.38. The van der Waals surface area contributed by atoms with Gasteiger partial charge in [0, 0.05) is 23.9 Å². The summed E-state index contributed by atoms with van der Waals surface area (Å²) in [6.45, 7) is 5.30. The number of carbonyl (C=O) groups is 1. The van der Waals surface area contributed by atoms with E-state index < -0.39 is 0 Å². The second-order valence-electron chi connectivity index (χ2n) is 7.28. The fourth-order valence-electron chi connectivity index (χ4n) is 3.63. The van der Waals surface area contributed by atoms with Crippen molar-refractivity contribution < 1.29 is 9.53 Å². The van der Waals surface area contributed by atoms with Crippen LogP contribution in [-0.4, -0.2) is 36.0 Å². The molecule has 0 saturated carbocycles. The van der Waals surface area contributed by atoms with Crippen molar-refractivity contribution in [2.24, 2.45) is 5.92 Å². The lowest BCUT2D eigenvalue weighted by atomic mass is 10.0. The summed E-state index contributed by atoms with van der Waals surface area (Å²) in [6, 6.07) is 3.57. The number of anilines is 1. The van der Waals surface area contributed by atoms with Crippen LogP contribution in [0.2, 0.25) is 10.0 Å². The highest BCUT2D eigenvalue weighted by molar-refractivity contribution is 7.22. The van der Waals surface area contributed by atoms with E-state index in [2.05, 4.69) is 22.1 Å². The first kappa shape index (κ1) is 20.9. The van der Waals surface area contributed by atoms with Crippen LogP contribution in [0, 0.1) is 5.92 Å². The number of hydrogen-bond acceptors (Lipinski definition) is 6. The molecule has 5 nitrogen and oxygen atoms in total. The number of nitrogens with one attached hydrogen (secondary N) is 1. The van der Waals surface area contributed by atoms with Crippen molar-refractivity contribution in [2.75, 3.05) is 25.5 Å². The molecule has 1 aromatic carbocycles. The fraction of sp³-hybridized carbons (Fsp3) is 0.400. The molecule has 0 unspecified atom stereocenters. The number of rotatable bonds is 5. The number of nitrogens with zero attached hydrogens (tertiary/aromatic N) is 2. The SMILES string of the molecule is COc1ccc2c(Cl)c(C(=O)Nc3nc(CN4CCC[C@H](C)C4)cs3)sc2c1Cl. The van der Waals surface area contributed by atoms with Gasteiger partial charge in [0.25, 0.3) is 5.91 Å². The number of thiazole rings is 1. The molecule has 0 spiro atoms. The normalized spacial score (nSPS) is 17.6. The highest BCUT2D eigenvalue weighted by Crippen LogP contribution is 2.43. The van der Waals surface area contributed by atoms with E-state index in [0.717, 1.165) is 41.3 Å². The molecule has 0 bridgehead atoms. The van der Waals surface area contributed by atoms with Crippen LogP contribution in [0.5, 0.6) is 5.75 Å². The zero-order valence-corrected chi connectivity index (χ0v) is 19.3. The number of halogens is 2. The van der Waals surface area contributed by atoms with E-state index >= 15 is 0 Å². The van der Waals surface area contributed by atoms with E-state index in [1.165, 1.54) is 35.5 Å². The number of thiophene rings is 1. The Kier molecular flexibility index (Phi) is 6.32. The van der Waals surface area contributed by atoms with Crippen molar-refractivity contribution in [1.82, 2.24) is 9.88 Å². The smallest absolute Gasteiger partial charge is 0.269 e. The molecule has 1 N–H and O–H groups in total. The molecule has 0 aliphatic carbocycles. The Morgan fingerprint density at radius 3 is 2.97 bits per heavy atom. The number of hydrogen-bond donors (Lipinski definition) is 1. The van der Waals surface area contributed by atoms with E-state index in [1.807, 2.05) is 11.4 Å². The Labute approximate surface area is 187 Å². The molecule has 4 rings (SSSR count). The van der Waals surface area contributed by atoms with E-state index in [1.54, 1.807) is 13.2 Å². The average Bonchev–Trinajstić information content (AvgIpc) is 3.27. The van der Waals surface area contributed by atoms with E-state index in [4.69, 9.17) is 27.9 Å². The standard InChI is InChI=1S/C20H21Cl2N3O2S2/c1-11-4-3-7-25(8-11)9-12-10-28-20(23-12)24-19(26)18-15(21)13-5-6-14(27-2)16(22)17(13)29-18/h5-6,10-11H,3-4,7-9H2,1-2H3,(H,23,24,26)/t11-/m0/s1. The van der Waals surface area contributed by atoms with Crippen LogP contribution >= 0.6 is 45.9 Å². The third-order valence-corrected chi connectivity index (χ3v) is 8.05. The molecule has 1 saturated heterocycles. The van der Waals surface area contributed by atoms with E-state index in [0.29, 0.717) is 25.8 Å². The molecular weight excluding hydrogens is 449 g/mol. The Bertz CT molecular complexity index is 1050. The molecule has 1 aliphatic heterocycles. The van der Waals surface area contributed by atoms with Gasteiger partial charge in [0.2, 0.25) is 0 Å². The van der Waals surface area contributed by atoms with Gasteiger partial charge in [-0.25, -0.2) is 4.98 Å². The molecule has 1 amide bonds. The van der Waals surface area contributed by atoms with E-state index in [-0.39, 0.29) is 5.91 Å². The number of ether oxygens (including phenoxy) is 1. The van der Waals surface area contributed by atoms with Gasteiger partial charge in [-0.15, -0.1) is 22.7 Å². The molecule has 29 heavy (non-hydrogen) atoms. The number of carbonyl (C=O) groups excluding carboxylic acids is 1. The number of fused-ring (bicyclic) bond motifs is 1. The van der Waals surface area contributed by atoms with Gasteiger partial charge in [0.15, 0.2) is 5.13 Å². The number of piperidine rings is 1. The Balaban J connectivity index is 1.49. The predicted molar refractivity (Wildman–Crippen MR) is 122 cm³/mol. The first-order valence-electron chi connectivity index (χ1n) is 9.39. The topological polar surface area (TPSA) is 54.5 Å². The molecule has 3 heterocycles. The maximum Gasteiger partial charge on any atom is 0.269 e. The number of methoxy groups -OCH3 is 1. The summed E-state index contributed by atoms with van der Waals surface area (Å²) < 4.78 is 5.99. The zero-order chi connectivity index (χ0) is 20.5. The van der Waals surface area contributed by atoms with Crippen LogP contribution in [-0.2, 0) is 6.54 Å². The quantitative estimate of drug-likeness (QED) is 0.486. The Morgan fingerprint density at radius 2 is 2.21 bits per heavy atom. The molecule has 0 radical (unpaired) electrons. The molecule has 1 atom stereocenters. The van der Waals surface area contributed by atoms with Gasteiger partial charge in [0.05, 0.1) is 22.5 Å². The minimum absolute atomic E-state index is 0.279. The monoisotopic (exact) mass is 469 g/mol. The Morgan fingerprint density at radius 1 is 1.38 bits per heavy atom. The van der Waals surface area contributed by atoms with Gasteiger partial charge in [-0.3, -0.25) is 15.0 Å². The zero-order valence-electron chi connectivity index (χ0n) is 16.1. The minimum Gasteiger partial charge on any atom is -0.495 e. The summed E-state index contributed by atoms with van der Waals surface area (Å²) in [7, 11) is 1.56. The van der Waals surface area contributed by atoms with Crippen molar-refractivity contribution in [3.8, 4) is 5.75 Å². The molecule has 9 heteroatoms. The molecule has 2 aromatic heterocycles.